The lowest BCUT2D eigenvalue weighted by molar-refractivity contribution is -0.130. The number of piperidine rings is 1. The summed E-state index contributed by atoms with van der Waals surface area (Å²) in [5, 5.41) is 10.1. The van der Waals surface area contributed by atoms with E-state index in [9.17, 15) is 9.59 Å². The zero-order valence-corrected chi connectivity index (χ0v) is 19.5. The van der Waals surface area contributed by atoms with E-state index >= 15 is 0 Å². The highest BCUT2D eigenvalue weighted by atomic mass is 16.2. The first kappa shape index (κ1) is 21.3. The van der Waals surface area contributed by atoms with Crippen LogP contribution in [-0.2, 0) is 11.3 Å². The van der Waals surface area contributed by atoms with Crippen molar-refractivity contribution in [2.75, 3.05) is 13.1 Å². The third-order valence-corrected chi connectivity index (χ3v) is 6.97. The topological polar surface area (TPSA) is 78.0 Å². The van der Waals surface area contributed by atoms with Crippen LogP contribution in [0, 0.1) is 0 Å². The van der Waals surface area contributed by atoms with Gasteiger partial charge in [0.1, 0.15) is 5.69 Å². The lowest BCUT2D eigenvalue weighted by atomic mass is 10.1. The monoisotopic (exact) mass is 466 g/mol. The van der Waals surface area contributed by atoms with Gasteiger partial charge in [-0.2, -0.15) is 10.2 Å². The molecule has 0 aliphatic carbocycles. The van der Waals surface area contributed by atoms with Crippen LogP contribution in [0.2, 0.25) is 0 Å². The van der Waals surface area contributed by atoms with Gasteiger partial charge in [-0.15, -0.1) is 0 Å². The van der Waals surface area contributed by atoms with E-state index in [2.05, 4.69) is 27.9 Å². The molecule has 0 radical (unpaired) electrons. The van der Waals surface area contributed by atoms with Crippen molar-refractivity contribution in [2.24, 2.45) is 0 Å². The number of hydrogen-bond donors (Lipinski definition) is 0. The second-order valence-electron chi connectivity index (χ2n) is 9.14. The van der Waals surface area contributed by atoms with Crippen molar-refractivity contribution in [3.63, 3.8) is 0 Å². The molecule has 0 N–H and O–H groups in total. The van der Waals surface area contributed by atoms with Gasteiger partial charge >= 0.3 is 0 Å². The highest BCUT2D eigenvalue weighted by Gasteiger charge is 2.27. The maximum Gasteiger partial charge on any atom is 0.278 e. The molecule has 3 aliphatic heterocycles. The van der Waals surface area contributed by atoms with Gasteiger partial charge < -0.3 is 9.47 Å². The van der Waals surface area contributed by atoms with E-state index in [0.29, 0.717) is 25.2 Å². The molecular weight excluding hydrogens is 440 g/mol. The van der Waals surface area contributed by atoms with E-state index in [0.717, 1.165) is 40.7 Å². The van der Waals surface area contributed by atoms with Crippen LogP contribution < -0.4 is 5.56 Å². The molecule has 3 aromatic rings. The molecule has 3 aliphatic rings. The van der Waals surface area contributed by atoms with E-state index < -0.39 is 0 Å². The Balaban J connectivity index is 1.37. The first-order chi connectivity index (χ1) is 17.1. The fourth-order valence-electron chi connectivity index (χ4n) is 5.07. The minimum absolute atomic E-state index is 0.00699. The van der Waals surface area contributed by atoms with Crippen molar-refractivity contribution in [1.82, 2.24) is 29.0 Å². The number of pyridine rings is 1. The van der Waals surface area contributed by atoms with E-state index in [1.807, 2.05) is 58.4 Å². The van der Waals surface area contributed by atoms with Crippen molar-refractivity contribution in [3.05, 3.63) is 89.1 Å². The van der Waals surface area contributed by atoms with Gasteiger partial charge in [0.25, 0.3) is 5.56 Å². The zero-order chi connectivity index (χ0) is 23.9. The molecule has 8 heteroatoms. The molecule has 35 heavy (non-hydrogen) atoms. The molecule has 6 rings (SSSR count). The molecule has 176 valence electrons. The summed E-state index contributed by atoms with van der Waals surface area (Å²) in [4.78, 5) is 27.0. The van der Waals surface area contributed by atoms with E-state index in [4.69, 9.17) is 5.10 Å². The van der Waals surface area contributed by atoms with Gasteiger partial charge in [-0.25, -0.2) is 9.36 Å². The predicted octanol–water partition coefficient (Wildman–Crippen LogP) is 3.72. The smallest absolute Gasteiger partial charge is 0.278 e. The Hall–Kier alpha value is -4.20. The Morgan fingerprint density at radius 3 is 2.51 bits per heavy atom. The highest BCUT2D eigenvalue weighted by molar-refractivity contribution is 5.93. The summed E-state index contributed by atoms with van der Waals surface area (Å²) < 4.78 is 5.61. The fraction of sp³-hybridized carbons (Fsp3) is 0.259. The molecule has 1 aromatic heterocycles. The van der Waals surface area contributed by atoms with Crippen LogP contribution in [0.3, 0.4) is 0 Å². The summed E-state index contributed by atoms with van der Waals surface area (Å²) in [5.74, 6) is 0.0844. The third-order valence-electron chi connectivity index (χ3n) is 6.97. The summed E-state index contributed by atoms with van der Waals surface area (Å²) in [6.07, 6.45) is 7.10. The van der Waals surface area contributed by atoms with Crippen molar-refractivity contribution in [3.8, 4) is 16.9 Å². The third kappa shape index (κ3) is 3.80. The van der Waals surface area contributed by atoms with Crippen molar-refractivity contribution < 1.29 is 4.79 Å². The van der Waals surface area contributed by atoms with Crippen LogP contribution in [0.4, 0.5) is 0 Å². The Labute approximate surface area is 202 Å². The van der Waals surface area contributed by atoms with Gasteiger partial charge in [0.05, 0.1) is 22.8 Å². The standard InChI is InChI=1S/C27H26N6O2/c1-19(34)30-15-11-22(12-16-30)33-27(35)24-18-31(25-6-3-2-5-23(25)26(24)29-33)17-20-7-9-21(10-8-20)32-14-4-13-28-32/h2-10,13-14,18,22H,11-12,15-17H2,1H3. The molecule has 0 bridgehead atoms. The van der Waals surface area contributed by atoms with Crippen molar-refractivity contribution in [1.29, 1.82) is 0 Å². The first-order valence-corrected chi connectivity index (χ1v) is 11.9. The molecule has 1 amide bonds. The summed E-state index contributed by atoms with van der Waals surface area (Å²) in [7, 11) is 0. The van der Waals surface area contributed by atoms with Gasteiger partial charge in [-0.1, -0.05) is 30.3 Å². The lowest BCUT2D eigenvalue weighted by Crippen LogP contribution is -2.39. The highest BCUT2D eigenvalue weighted by Crippen LogP contribution is 2.30. The number of carbonyl (C=O) groups excluding carboxylic acids is 1. The number of fused-ring (bicyclic) bond motifs is 3. The van der Waals surface area contributed by atoms with Crippen LogP contribution in [0.1, 0.15) is 31.4 Å². The Morgan fingerprint density at radius 1 is 1.03 bits per heavy atom. The number of rotatable bonds is 4. The zero-order valence-electron chi connectivity index (χ0n) is 19.5. The molecule has 4 heterocycles. The average Bonchev–Trinajstić information content (AvgIpc) is 3.54. The predicted molar refractivity (Wildman–Crippen MR) is 134 cm³/mol. The maximum atomic E-state index is 13.5. The first-order valence-electron chi connectivity index (χ1n) is 11.9. The van der Waals surface area contributed by atoms with E-state index in [-0.39, 0.29) is 17.5 Å². The molecular formula is C27H26N6O2. The Bertz CT molecular complexity index is 1520. The van der Waals surface area contributed by atoms with Crippen LogP contribution in [0.5, 0.6) is 0 Å². The Kier molecular flexibility index (Phi) is 5.21. The molecule has 2 aromatic carbocycles. The minimum atomic E-state index is -0.0604. The lowest BCUT2D eigenvalue weighted by Gasteiger charge is -2.30. The summed E-state index contributed by atoms with van der Waals surface area (Å²) in [5.41, 5.74) is 4.48. The molecule has 0 saturated carbocycles. The molecule has 0 unspecified atom stereocenters. The van der Waals surface area contributed by atoms with Crippen molar-refractivity contribution >= 4 is 16.8 Å². The molecule has 1 fully saturated rings. The van der Waals surface area contributed by atoms with Gasteiger partial charge in [-0.3, -0.25) is 9.59 Å². The quantitative estimate of drug-likeness (QED) is 0.405. The molecule has 0 atom stereocenters. The van der Waals surface area contributed by atoms with Gasteiger partial charge in [0.2, 0.25) is 5.91 Å². The average molecular weight is 467 g/mol. The number of para-hydroxylation sites is 1. The number of benzene rings is 2. The Morgan fingerprint density at radius 2 is 1.80 bits per heavy atom. The number of amides is 1. The number of aromatic nitrogens is 5. The van der Waals surface area contributed by atoms with Crippen LogP contribution in [-0.4, -0.2) is 48.0 Å². The van der Waals surface area contributed by atoms with Crippen LogP contribution >= 0.6 is 0 Å². The number of hydrogen-bond acceptors (Lipinski definition) is 4. The minimum Gasteiger partial charge on any atom is -0.343 e. The van der Waals surface area contributed by atoms with Gasteiger partial charge in [-0.05, 0) is 42.7 Å². The van der Waals surface area contributed by atoms with Gasteiger partial charge in [0, 0.05) is 50.5 Å². The van der Waals surface area contributed by atoms with Gasteiger partial charge in [0.15, 0.2) is 0 Å². The van der Waals surface area contributed by atoms with Crippen LogP contribution in [0.15, 0.2) is 78.0 Å². The summed E-state index contributed by atoms with van der Waals surface area (Å²) in [6.45, 7) is 3.55. The fourth-order valence-corrected chi connectivity index (χ4v) is 5.07. The summed E-state index contributed by atoms with van der Waals surface area (Å²) >= 11 is 0. The largest absolute Gasteiger partial charge is 0.343 e. The van der Waals surface area contributed by atoms with E-state index in [1.54, 1.807) is 17.8 Å². The van der Waals surface area contributed by atoms with Crippen molar-refractivity contribution in [2.45, 2.75) is 32.4 Å². The molecule has 8 nitrogen and oxygen atoms in total. The van der Waals surface area contributed by atoms with E-state index in [1.165, 1.54) is 0 Å². The number of nitrogens with zero attached hydrogens (tertiary/aromatic N) is 6. The SMILES string of the molecule is CC(=O)N1CCC(n2nc3c4ccccc4n(Cc4ccc(-n5cccn5)cc4)cc-3c2=O)CC1. The second-order valence-corrected chi connectivity index (χ2v) is 9.14. The maximum absolute atomic E-state index is 13.5. The normalized spacial score (nSPS) is 14.7. The molecule has 0 spiro atoms. The number of carbonyl (C=O) groups is 1. The number of likely N-dealkylation sites (tertiary alicyclic amines) is 1. The van der Waals surface area contributed by atoms with Crippen LogP contribution in [0.25, 0.3) is 27.8 Å². The second kappa shape index (κ2) is 8.54. The molecule has 1 saturated heterocycles. The summed E-state index contributed by atoms with van der Waals surface area (Å²) in [6, 6.07) is 18.3.